The number of nitrogens with one attached hydrogen (secondary N) is 2. The van der Waals surface area contributed by atoms with Gasteiger partial charge in [0.2, 0.25) is 0 Å². The Morgan fingerprint density at radius 3 is 2.96 bits per heavy atom. The van der Waals surface area contributed by atoms with Gasteiger partial charge in [0.25, 0.3) is 0 Å². The van der Waals surface area contributed by atoms with Crippen molar-refractivity contribution < 1.29 is 9.53 Å². The highest BCUT2D eigenvalue weighted by atomic mass is 32.1. The molecule has 1 saturated heterocycles. The minimum Gasteiger partial charge on any atom is -0.378 e. The molecule has 1 aliphatic rings. The van der Waals surface area contributed by atoms with Crippen molar-refractivity contribution in [3.63, 3.8) is 0 Å². The zero-order valence-corrected chi connectivity index (χ0v) is 14.5. The highest BCUT2D eigenvalue weighted by molar-refractivity contribution is 7.15. The summed E-state index contributed by atoms with van der Waals surface area (Å²) < 4.78 is 5.66. The van der Waals surface area contributed by atoms with E-state index in [-0.39, 0.29) is 12.1 Å². The van der Waals surface area contributed by atoms with Crippen molar-refractivity contribution in [2.24, 2.45) is 0 Å². The summed E-state index contributed by atoms with van der Waals surface area (Å²) in [5.41, 5.74) is 1.24. The largest absolute Gasteiger partial charge is 0.378 e. The second-order valence-electron chi connectivity index (χ2n) is 5.95. The Bertz CT molecular complexity index is 639. The van der Waals surface area contributed by atoms with E-state index in [1.54, 1.807) is 0 Å². The molecular formula is C18H23N3O2S. The number of thiazole rings is 1. The monoisotopic (exact) mass is 345 g/mol. The first-order valence-corrected chi connectivity index (χ1v) is 9.26. The maximum atomic E-state index is 11.9. The van der Waals surface area contributed by atoms with Crippen LogP contribution < -0.4 is 10.6 Å². The summed E-state index contributed by atoms with van der Waals surface area (Å²) in [5.74, 6) is 0. The number of benzene rings is 1. The highest BCUT2D eigenvalue weighted by Gasteiger charge is 2.14. The Hall–Kier alpha value is -1.92. The van der Waals surface area contributed by atoms with Crippen LogP contribution in [-0.4, -0.2) is 30.3 Å². The lowest BCUT2D eigenvalue weighted by Gasteiger charge is -2.22. The van der Waals surface area contributed by atoms with E-state index >= 15 is 0 Å². The molecule has 3 rings (SSSR count). The van der Waals surface area contributed by atoms with Crippen LogP contribution in [0.4, 0.5) is 9.93 Å². The second kappa shape index (κ2) is 8.80. The third-order valence-electron chi connectivity index (χ3n) is 4.02. The van der Waals surface area contributed by atoms with Crippen LogP contribution >= 0.6 is 11.3 Å². The molecule has 1 aromatic carbocycles. The van der Waals surface area contributed by atoms with Crippen LogP contribution in [0.2, 0.25) is 0 Å². The number of anilines is 1. The van der Waals surface area contributed by atoms with Gasteiger partial charge in [-0.1, -0.05) is 30.3 Å². The summed E-state index contributed by atoms with van der Waals surface area (Å²) in [6.07, 6.45) is 7.28. The number of amides is 2. The summed E-state index contributed by atoms with van der Waals surface area (Å²) in [6, 6.07) is 10.0. The van der Waals surface area contributed by atoms with Crippen LogP contribution in [0.15, 0.2) is 36.5 Å². The van der Waals surface area contributed by atoms with Gasteiger partial charge in [-0.2, -0.15) is 0 Å². The van der Waals surface area contributed by atoms with E-state index in [4.69, 9.17) is 4.74 Å². The van der Waals surface area contributed by atoms with Crippen LogP contribution in [0.25, 0.3) is 0 Å². The molecule has 5 nitrogen and oxygen atoms in total. The topological polar surface area (TPSA) is 63.2 Å². The molecule has 0 radical (unpaired) electrons. The molecule has 24 heavy (non-hydrogen) atoms. The van der Waals surface area contributed by atoms with Gasteiger partial charge < -0.3 is 10.1 Å². The average Bonchev–Trinajstić information content (AvgIpc) is 3.03. The molecule has 128 valence electrons. The zero-order valence-electron chi connectivity index (χ0n) is 13.7. The van der Waals surface area contributed by atoms with E-state index in [9.17, 15) is 4.79 Å². The normalized spacial score (nSPS) is 17.4. The predicted molar refractivity (Wildman–Crippen MR) is 96.6 cm³/mol. The number of rotatable bonds is 6. The van der Waals surface area contributed by atoms with Crippen molar-refractivity contribution in [1.29, 1.82) is 0 Å². The van der Waals surface area contributed by atoms with E-state index in [1.807, 2.05) is 24.4 Å². The fourth-order valence-corrected chi connectivity index (χ4v) is 3.61. The highest BCUT2D eigenvalue weighted by Crippen LogP contribution is 2.21. The Balaban J connectivity index is 1.40. The lowest BCUT2D eigenvalue weighted by atomic mass is 10.1. The molecule has 1 atom stereocenters. The van der Waals surface area contributed by atoms with Crippen molar-refractivity contribution in [1.82, 2.24) is 10.3 Å². The molecule has 2 N–H and O–H groups in total. The van der Waals surface area contributed by atoms with Crippen molar-refractivity contribution in [3.8, 4) is 0 Å². The van der Waals surface area contributed by atoms with Gasteiger partial charge in [0.15, 0.2) is 5.13 Å². The number of aromatic nitrogens is 1. The molecule has 2 amide bonds. The quantitative estimate of drug-likeness (QED) is 0.837. The van der Waals surface area contributed by atoms with Gasteiger partial charge in [-0.3, -0.25) is 5.32 Å². The minimum absolute atomic E-state index is 0.202. The SMILES string of the molecule is O=C(NCCC1CCCCO1)Nc1ncc(Cc2ccccc2)s1. The van der Waals surface area contributed by atoms with Gasteiger partial charge in [-0.15, -0.1) is 11.3 Å². The number of carbonyl (C=O) groups excluding carboxylic acids is 1. The molecule has 0 spiro atoms. The summed E-state index contributed by atoms with van der Waals surface area (Å²) in [4.78, 5) is 17.3. The molecule has 1 unspecified atom stereocenters. The standard InChI is InChI=1S/C18H23N3O2S/c22-17(19-10-9-15-8-4-5-11-23-15)21-18-20-13-16(24-18)12-14-6-2-1-3-7-14/h1-3,6-7,13,15H,4-5,8-12H2,(H2,19,20,21,22). The van der Waals surface area contributed by atoms with Crippen molar-refractivity contribution in [2.45, 2.75) is 38.2 Å². The summed E-state index contributed by atoms with van der Waals surface area (Å²) >= 11 is 1.51. The van der Waals surface area contributed by atoms with E-state index in [1.165, 1.54) is 23.3 Å². The Morgan fingerprint density at radius 2 is 2.17 bits per heavy atom. The maximum Gasteiger partial charge on any atom is 0.321 e. The number of hydrogen-bond acceptors (Lipinski definition) is 4. The van der Waals surface area contributed by atoms with Gasteiger partial charge in [-0.25, -0.2) is 9.78 Å². The molecule has 0 saturated carbocycles. The van der Waals surface area contributed by atoms with Gasteiger partial charge in [0, 0.05) is 30.6 Å². The minimum atomic E-state index is -0.202. The van der Waals surface area contributed by atoms with E-state index in [2.05, 4.69) is 27.8 Å². The molecule has 1 aromatic heterocycles. The number of carbonyl (C=O) groups is 1. The van der Waals surface area contributed by atoms with Crippen LogP contribution in [0.3, 0.4) is 0 Å². The van der Waals surface area contributed by atoms with Crippen LogP contribution in [0.1, 0.15) is 36.1 Å². The van der Waals surface area contributed by atoms with Crippen LogP contribution in [-0.2, 0) is 11.2 Å². The van der Waals surface area contributed by atoms with E-state index < -0.39 is 0 Å². The molecule has 2 aromatic rings. The fraction of sp³-hybridized carbons (Fsp3) is 0.444. The first-order valence-electron chi connectivity index (χ1n) is 8.45. The Morgan fingerprint density at radius 1 is 1.29 bits per heavy atom. The fourth-order valence-electron chi connectivity index (χ4n) is 2.77. The first-order chi connectivity index (χ1) is 11.8. The van der Waals surface area contributed by atoms with E-state index in [0.29, 0.717) is 11.7 Å². The molecule has 1 aliphatic heterocycles. The third-order valence-corrected chi connectivity index (χ3v) is 4.93. The molecule has 0 aliphatic carbocycles. The van der Waals surface area contributed by atoms with Gasteiger partial charge in [0.05, 0.1) is 6.10 Å². The second-order valence-corrected chi connectivity index (χ2v) is 7.07. The molecule has 0 bridgehead atoms. The van der Waals surface area contributed by atoms with Gasteiger partial charge >= 0.3 is 6.03 Å². The lowest BCUT2D eigenvalue weighted by molar-refractivity contribution is 0.0120. The first kappa shape index (κ1) is 16.9. The van der Waals surface area contributed by atoms with Crippen LogP contribution in [0, 0.1) is 0 Å². The van der Waals surface area contributed by atoms with Crippen molar-refractivity contribution in [3.05, 3.63) is 47.0 Å². The van der Waals surface area contributed by atoms with Gasteiger partial charge in [0.1, 0.15) is 0 Å². The molecular weight excluding hydrogens is 322 g/mol. The predicted octanol–water partition coefficient (Wildman–Crippen LogP) is 3.81. The Labute approximate surface area is 146 Å². The van der Waals surface area contributed by atoms with E-state index in [0.717, 1.165) is 37.2 Å². The molecule has 6 heteroatoms. The van der Waals surface area contributed by atoms with Crippen molar-refractivity contribution >= 4 is 22.5 Å². The Kier molecular flexibility index (Phi) is 6.20. The van der Waals surface area contributed by atoms with Gasteiger partial charge in [-0.05, 0) is 31.2 Å². The number of urea groups is 1. The third kappa shape index (κ3) is 5.32. The summed E-state index contributed by atoms with van der Waals surface area (Å²) in [5, 5.41) is 6.31. The zero-order chi connectivity index (χ0) is 16.6. The molecule has 2 heterocycles. The number of hydrogen-bond donors (Lipinski definition) is 2. The number of ether oxygens (including phenoxy) is 1. The van der Waals surface area contributed by atoms with Crippen LogP contribution in [0.5, 0.6) is 0 Å². The maximum absolute atomic E-state index is 11.9. The van der Waals surface area contributed by atoms with Crippen molar-refractivity contribution in [2.75, 3.05) is 18.5 Å². The summed E-state index contributed by atoms with van der Waals surface area (Å²) in [6.45, 7) is 1.47. The smallest absolute Gasteiger partial charge is 0.321 e. The summed E-state index contributed by atoms with van der Waals surface area (Å²) in [7, 11) is 0. The lowest BCUT2D eigenvalue weighted by Crippen LogP contribution is -2.32. The molecule has 1 fully saturated rings. The number of nitrogens with zero attached hydrogens (tertiary/aromatic N) is 1. The average molecular weight is 345 g/mol.